The van der Waals surface area contributed by atoms with E-state index in [2.05, 4.69) is 0 Å². The zero-order chi connectivity index (χ0) is 13.7. The summed E-state index contributed by atoms with van der Waals surface area (Å²) in [4.78, 5) is 0. The average Bonchev–Trinajstić information content (AvgIpc) is 2.39. The average molecular weight is 296 g/mol. The van der Waals surface area contributed by atoms with E-state index >= 15 is 0 Å². The van der Waals surface area contributed by atoms with E-state index in [1.165, 1.54) is 4.31 Å². The molecule has 0 atom stereocenters. The van der Waals surface area contributed by atoms with E-state index < -0.39 is 9.24 Å². The lowest BCUT2D eigenvalue weighted by atomic mass is 10.2. The highest BCUT2D eigenvalue weighted by atomic mass is 35.7. The Hall–Kier alpha value is -1.36. The molecule has 0 saturated carbocycles. The molecule has 0 fully saturated rings. The molecular weight excluding hydrogens is 282 g/mol. The van der Waals surface area contributed by atoms with E-state index in [4.69, 9.17) is 10.7 Å². The largest absolute Gasteiger partial charge is 0.300 e. The Kier molecular flexibility index (Phi) is 4.58. The van der Waals surface area contributed by atoms with Gasteiger partial charge in [-0.3, -0.25) is 0 Å². The molecule has 0 heterocycles. The highest BCUT2D eigenvalue weighted by Crippen LogP contribution is 2.16. The Morgan fingerprint density at radius 3 is 1.47 bits per heavy atom. The monoisotopic (exact) mass is 295 g/mol. The van der Waals surface area contributed by atoms with E-state index in [-0.39, 0.29) is 13.1 Å². The van der Waals surface area contributed by atoms with Gasteiger partial charge in [0.1, 0.15) is 0 Å². The van der Waals surface area contributed by atoms with Crippen LogP contribution in [-0.2, 0) is 22.3 Å². The summed E-state index contributed by atoms with van der Waals surface area (Å²) in [6, 6.07) is 18.8. The lowest BCUT2D eigenvalue weighted by Crippen LogP contribution is -2.26. The van der Waals surface area contributed by atoms with Crippen LogP contribution in [0, 0.1) is 0 Å². The second-order valence-electron chi connectivity index (χ2n) is 4.18. The first-order valence-corrected chi connectivity index (χ1v) is 8.10. The Morgan fingerprint density at radius 1 is 0.789 bits per heavy atom. The molecule has 0 amide bonds. The van der Waals surface area contributed by atoms with Gasteiger partial charge in [0.15, 0.2) is 0 Å². The lowest BCUT2D eigenvalue weighted by Gasteiger charge is -2.18. The molecule has 0 bridgehead atoms. The Bertz CT molecular complexity index is 573. The fraction of sp³-hybridized carbons (Fsp3) is 0.143. The summed E-state index contributed by atoms with van der Waals surface area (Å²) in [6.45, 7) is 0.531. The summed E-state index contributed by atoms with van der Waals surface area (Å²) >= 11 is 0. The first kappa shape index (κ1) is 14.1. The van der Waals surface area contributed by atoms with Gasteiger partial charge in [-0.05, 0) is 11.1 Å². The van der Waals surface area contributed by atoms with Gasteiger partial charge in [-0.25, -0.2) is 0 Å². The normalized spacial score (nSPS) is 11.7. The van der Waals surface area contributed by atoms with Crippen molar-refractivity contribution < 1.29 is 8.42 Å². The summed E-state index contributed by atoms with van der Waals surface area (Å²) < 4.78 is 24.5. The van der Waals surface area contributed by atoms with E-state index in [0.717, 1.165) is 11.1 Å². The van der Waals surface area contributed by atoms with Crippen molar-refractivity contribution in [3.63, 3.8) is 0 Å². The molecule has 2 rings (SSSR count). The van der Waals surface area contributed by atoms with Crippen molar-refractivity contribution in [1.82, 2.24) is 4.31 Å². The molecule has 2 aromatic carbocycles. The van der Waals surface area contributed by atoms with Crippen LogP contribution in [0.2, 0.25) is 0 Å². The van der Waals surface area contributed by atoms with Gasteiger partial charge >= 0.3 is 0 Å². The summed E-state index contributed by atoms with van der Waals surface area (Å²) in [5, 5.41) is 0. The molecule has 0 radical (unpaired) electrons. The molecule has 0 aliphatic carbocycles. The van der Waals surface area contributed by atoms with Gasteiger partial charge in [0.25, 0.3) is 9.24 Å². The predicted octanol–water partition coefficient (Wildman–Crippen LogP) is 3.17. The minimum absolute atomic E-state index is 0.265. The van der Waals surface area contributed by atoms with Gasteiger partial charge in [0.05, 0.1) is 0 Å². The van der Waals surface area contributed by atoms with E-state index in [1.54, 1.807) is 0 Å². The molecule has 2 aromatic rings. The number of halogens is 1. The Morgan fingerprint density at radius 2 is 1.16 bits per heavy atom. The van der Waals surface area contributed by atoms with Crippen LogP contribution in [0.15, 0.2) is 60.7 Å². The van der Waals surface area contributed by atoms with Gasteiger partial charge in [-0.15, -0.1) is 0 Å². The zero-order valence-corrected chi connectivity index (χ0v) is 11.8. The maximum atomic E-state index is 11.6. The highest BCUT2D eigenvalue weighted by molar-refractivity contribution is 8.11. The summed E-state index contributed by atoms with van der Waals surface area (Å²) in [7, 11) is 1.74. The van der Waals surface area contributed by atoms with Crippen molar-refractivity contribution in [3.8, 4) is 0 Å². The lowest BCUT2D eigenvalue weighted by molar-refractivity contribution is 0.411. The first-order valence-electron chi connectivity index (χ1n) is 5.83. The minimum atomic E-state index is -3.76. The highest BCUT2D eigenvalue weighted by Gasteiger charge is 2.19. The molecule has 0 unspecified atom stereocenters. The molecule has 0 aromatic heterocycles. The second kappa shape index (κ2) is 6.19. The van der Waals surface area contributed by atoms with Crippen molar-refractivity contribution in [3.05, 3.63) is 71.8 Å². The quantitative estimate of drug-likeness (QED) is 0.795. The zero-order valence-electron chi connectivity index (χ0n) is 10.2. The number of rotatable bonds is 5. The van der Waals surface area contributed by atoms with Gasteiger partial charge in [-0.1, -0.05) is 60.7 Å². The molecule has 0 aliphatic heterocycles. The van der Waals surface area contributed by atoms with E-state index in [9.17, 15) is 8.42 Å². The number of nitrogens with zero attached hydrogens (tertiary/aromatic N) is 1. The topological polar surface area (TPSA) is 37.4 Å². The third-order valence-electron chi connectivity index (χ3n) is 2.71. The molecule has 0 spiro atoms. The van der Waals surface area contributed by atoms with Crippen LogP contribution in [0.5, 0.6) is 0 Å². The van der Waals surface area contributed by atoms with Gasteiger partial charge in [0.2, 0.25) is 0 Å². The van der Waals surface area contributed by atoms with Crippen molar-refractivity contribution in [2.75, 3.05) is 0 Å². The van der Waals surface area contributed by atoms with Crippen molar-refractivity contribution >= 4 is 19.9 Å². The third-order valence-corrected chi connectivity index (χ3v) is 4.17. The van der Waals surface area contributed by atoms with E-state index in [1.807, 2.05) is 60.7 Å². The number of hydrogen-bond donors (Lipinski definition) is 0. The fourth-order valence-electron chi connectivity index (χ4n) is 1.78. The van der Waals surface area contributed by atoms with Crippen molar-refractivity contribution in [2.45, 2.75) is 13.1 Å². The standard InChI is InChI=1S/C14H14ClNO2S/c15-19(17,18)16(11-13-7-3-1-4-8-13)12-14-9-5-2-6-10-14/h1-10H,11-12H2. The fourth-order valence-corrected chi connectivity index (χ4v) is 2.68. The van der Waals surface area contributed by atoms with Crippen LogP contribution in [0.3, 0.4) is 0 Å². The van der Waals surface area contributed by atoms with Gasteiger partial charge in [0, 0.05) is 23.8 Å². The smallest absolute Gasteiger partial charge is 0.195 e. The maximum Gasteiger partial charge on any atom is 0.300 e. The SMILES string of the molecule is O=S(=O)(Cl)N(Cc1ccccc1)Cc1ccccc1. The molecule has 3 nitrogen and oxygen atoms in total. The van der Waals surface area contributed by atoms with Crippen molar-refractivity contribution in [2.24, 2.45) is 0 Å². The van der Waals surface area contributed by atoms with Crippen LogP contribution >= 0.6 is 10.7 Å². The minimum Gasteiger partial charge on any atom is -0.195 e. The third kappa shape index (κ3) is 4.35. The molecule has 100 valence electrons. The molecule has 19 heavy (non-hydrogen) atoms. The molecule has 0 saturated heterocycles. The molecule has 5 heteroatoms. The first-order chi connectivity index (χ1) is 9.05. The van der Waals surface area contributed by atoms with Gasteiger partial charge in [-0.2, -0.15) is 12.7 Å². The summed E-state index contributed by atoms with van der Waals surface area (Å²) in [5.41, 5.74) is 1.81. The predicted molar refractivity (Wildman–Crippen MR) is 76.9 cm³/mol. The van der Waals surface area contributed by atoms with Crippen LogP contribution < -0.4 is 0 Å². The van der Waals surface area contributed by atoms with Crippen LogP contribution in [0.1, 0.15) is 11.1 Å². The Labute approximate surface area is 118 Å². The molecule has 0 aliphatic rings. The molecule has 0 N–H and O–H groups in total. The van der Waals surface area contributed by atoms with Crippen molar-refractivity contribution in [1.29, 1.82) is 0 Å². The van der Waals surface area contributed by atoms with Gasteiger partial charge < -0.3 is 0 Å². The summed E-state index contributed by atoms with van der Waals surface area (Å²) in [5.74, 6) is 0. The maximum absolute atomic E-state index is 11.6. The van der Waals surface area contributed by atoms with Crippen LogP contribution in [0.4, 0.5) is 0 Å². The van der Waals surface area contributed by atoms with Crippen LogP contribution in [0.25, 0.3) is 0 Å². The molecular formula is C14H14ClNO2S. The number of hydrogen-bond acceptors (Lipinski definition) is 2. The van der Waals surface area contributed by atoms with E-state index in [0.29, 0.717) is 0 Å². The Balaban J connectivity index is 2.18. The summed E-state index contributed by atoms with van der Waals surface area (Å²) in [6.07, 6.45) is 0. The number of benzene rings is 2. The van der Waals surface area contributed by atoms with Crippen LogP contribution in [-0.4, -0.2) is 12.7 Å². The second-order valence-corrected chi connectivity index (χ2v) is 6.69.